The molecule has 8 rings (SSSR count). The number of nitrogens with zero attached hydrogens (tertiary/aromatic N) is 9. The molecule has 0 aliphatic carbocycles. The van der Waals surface area contributed by atoms with E-state index in [0.29, 0.717) is 75.3 Å². The van der Waals surface area contributed by atoms with Gasteiger partial charge in [-0.2, -0.15) is 10.2 Å². The van der Waals surface area contributed by atoms with E-state index in [4.69, 9.17) is 30.9 Å². The molecule has 4 aromatic heterocycles. The summed E-state index contributed by atoms with van der Waals surface area (Å²) < 4.78 is 20.1. The Morgan fingerprint density at radius 2 is 1.13 bits per heavy atom. The number of nitrogens with two attached hydrogens (primary N) is 2. The van der Waals surface area contributed by atoms with Gasteiger partial charge in [0, 0.05) is 56.3 Å². The molecule has 1 saturated heterocycles. The van der Waals surface area contributed by atoms with E-state index < -0.39 is 23.6 Å². The first-order valence-corrected chi connectivity index (χ1v) is 20.3. The number of imidazole rings is 2. The molecule has 0 atom stereocenters. The number of hydrogen-bond acceptors (Lipinski definition) is 11. The molecule has 0 spiro atoms. The third-order valence-electron chi connectivity index (χ3n) is 11.0. The molecule has 6 aromatic rings. The van der Waals surface area contributed by atoms with Crippen molar-refractivity contribution in [1.82, 2.24) is 43.6 Å². The molecule has 2 aliphatic heterocycles. The van der Waals surface area contributed by atoms with Gasteiger partial charge in [0.25, 0.3) is 11.8 Å². The maximum Gasteiger partial charge on any atom is 0.276 e. The van der Waals surface area contributed by atoms with Crippen LogP contribution in [0, 0.1) is 25.7 Å². The number of likely N-dealkylation sites (tertiary alicyclic amines) is 1. The lowest BCUT2D eigenvalue weighted by atomic mass is 9.90. The summed E-state index contributed by atoms with van der Waals surface area (Å²) in [6.07, 6.45) is 4.51. The Bertz CT molecular complexity index is 2560. The first kappa shape index (κ1) is 40.7. The van der Waals surface area contributed by atoms with E-state index in [2.05, 4.69) is 32.8 Å². The zero-order valence-corrected chi connectivity index (χ0v) is 34.8. The van der Waals surface area contributed by atoms with Crippen LogP contribution in [0.15, 0.2) is 48.6 Å². The first-order chi connectivity index (χ1) is 29.3. The Kier molecular flexibility index (Phi) is 11.1. The average molecular weight is 832 g/mol. The van der Waals surface area contributed by atoms with E-state index in [0.717, 1.165) is 19.5 Å². The van der Waals surface area contributed by atoms with Gasteiger partial charge in [-0.15, -0.1) is 0 Å². The number of carbonyl (C=O) groups is 4. The second-order valence-corrected chi connectivity index (χ2v) is 15.7. The predicted molar refractivity (Wildman–Crippen MR) is 227 cm³/mol. The molecule has 19 nitrogen and oxygen atoms in total. The summed E-state index contributed by atoms with van der Waals surface area (Å²) in [5.74, 6) is -0.824. The number of carbonyl (C=O) groups excluding carboxylic acids is 4. The second kappa shape index (κ2) is 16.6. The fourth-order valence-electron chi connectivity index (χ4n) is 8.19. The van der Waals surface area contributed by atoms with Crippen LogP contribution in [-0.2, 0) is 26.2 Å². The molecule has 0 radical (unpaired) electrons. The van der Waals surface area contributed by atoms with E-state index >= 15 is 0 Å². The van der Waals surface area contributed by atoms with Crippen molar-refractivity contribution < 1.29 is 28.7 Å². The zero-order chi connectivity index (χ0) is 43.1. The van der Waals surface area contributed by atoms with Gasteiger partial charge in [0.05, 0.1) is 35.6 Å². The number of ether oxygens (including phenoxy) is 2. The van der Waals surface area contributed by atoms with Crippen molar-refractivity contribution in [1.29, 1.82) is 0 Å². The Morgan fingerprint density at radius 1 is 0.689 bits per heavy atom. The summed E-state index contributed by atoms with van der Waals surface area (Å²) in [5.41, 5.74) is 16.0. The highest BCUT2D eigenvalue weighted by atomic mass is 16.5. The minimum Gasteiger partial charge on any atom is -0.491 e. The average Bonchev–Trinajstić information content (AvgIpc) is 3.98. The minimum absolute atomic E-state index is 0.178. The second-order valence-electron chi connectivity index (χ2n) is 15.7. The van der Waals surface area contributed by atoms with Crippen LogP contribution in [-0.4, -0.2) is 101 Å². The van der Waals surface area contributed by atoms with E-state index in [1.54, 1.807) is 45.8 Å². The van der Waals surface area contributed by atoms with Gasteiger partial charge in [-0.05, 0) is 83.5 Å². The van der Waals surface area contributed by atoms with E-state index in [9.17, 15) is 19.2 Å². The number of primary amides is 2. The lowest BCUT2D eigenvalue weighted by Crippen LogP contribution is -2.45. The number of allylic oxidation sites excluding steroid dienone is 2. The van der Waals surface area contributed by atoms with Crippen LogP contribution in [0.25, 0.3) is 22.1 Å². The fourth-order valence-corrected chi connectivity index (χ4v) is 8.19. The van der Waals surface area contributed by atoms with E-state index in [1.807, 2.05) is 49.0 Å². The van der Waals surface area contributed by atoms with Gasteiger partial charge in [-0.1, -0.05) is 12.2 Å². The van der Waals surface area contributed by atoms with Crippen molar-refractivity contribution in [3.05, 3.63) is 82.5 Å². The number of aryl methyl sites for hydroxylation is 4. The Hall–Kier alpha value is -7.02. The molecule has 0 bridgehead atoms. The summed E-state index contributed by atoms with van der Waals surface area (Å²) in [7, 11) is 2.07. The normalized spacial score (nSPS) is 15.7. The topological polar surface area (TPSA) is 237 Å². The van der Waals surface area contributed by atoms with E-state index in [1.165, 1.54) is 0 Å². The number of nitrogens with one attached hydrogen (secondary N) is 2. The summed E-state index contributed by atoms with van der Waals surface area (Å²) in [4.78, 5) is 64.8. The molecule has 1 fully saturated rings. The number of aromatic nitrogens is 8. The van der Waals surface area contributed by atoms with Crippen LogP contribution >= 0.6 is 0 Å². The molecule has 0 saturated carbocycles. The summed E-state index contributed by atoms with van der Waals surface area (Å²) in [5, 5.41) is 14.8. The molecule has 2 aromatic carbocycles. The van der Waals surface area contributed by atoms with Gasteiger partial charge in [0.1, 0.15) is 33.9 Å². The van der Waals surface area contributed by atoms with Crippen molar-refractivity contribution >= 4 is 57.6 Å². The van der Waals surface area contributed by atoms with Gasteiger partial charge in [0.15, 0.2) is 0 Å². The Labute approximate surface area is 350 Å². The highest BCUT2D eigenvalue weighted by Crippen LogP contribution is 2.35. The highest BCUT2D eigenvalue weighted by Gasteiger charge is 2.29. The van der Waals surface area contributed by atoms with Crippen molar-refractivity contribution in [2.24, 2.45) is 23.3 Å². The lowest BCUT2D eigenvalue weighted by Gasteiger charge is -2.38. The summed E-state index contributed by atoms with van der Waals surface area (Å²) in [6.45, 7) is 11.0. The number of anilines is 2. The SMILES string of the molecule is CCn1nc(C)cc1C(=O)Nc1nc2cc(C(N)=O)cc3c2n1C/C=C/Cn1c(NC(=O)c2cc(C)nn2CC)nc2cc(C(N)=O)cc(c21)OCC(CC1CN(C)C1)CO3. The summed E-state index contributed by atoms with van der Waals surface area (Å²) >= 11 is 0. The number of hydrogen-bond donors (Lipinski definition) is 4. The van der Waals surface area contributed by atoms with Crippen LogP contribution in [0.3, 0.4) is 0 Å². The van der Waals surface area contributed by atoms with Crippen LogP contribution in [0.4, 0.5) is 11.9 Å². The molecule has 2 aliphatic rings. The molecule has 318 valence electrons. The van der Waals surface area contributed by atoms with Crippen molar-refractivity contribution in [3.8, 4) is 11.5 Å². The molecule has 6 N–H and O–H groups in total. The molecule has 19 heteroatoms. The third kappa shape index (κ3) is 8.15. The molecular weight excluding hydrogens is 783 g/mol. The largest absolute Gasteiger partial charge is 0.491 e. The van der Waals surface area contributed by atoms with Gasteiger partial charge in [-0.3, -0.25) is 39.2 Å². The molecule has 6 heterocycles. The van der Waals surface area contributed by atoms with Crippen LogP contribution in [0.1, 0.15) is 73.3 Å². The van der Waals surface area contributed by atoms with Crippen LogP contribution in [0.5, 0.6) is 11.5 Å². The number of benzene rings is 2. The van der Waals surface area contributed by atoms with Crippen LogP contribution < -0.4 is 31.6 Å². The fraction of sp³-hybridized carbons (Fsp3) is 0.381. The Morgan fingerprint density at radius 3 is 1.52 bits per heavy atom. The molecule has 4 amide bonds. The van der Waals surface area contributed by atoms with E-state index in [-0.39, 0.29) is 55.2 Å². The predicted octanol–water partition coefficient (Wildman–Crippen LogP) is 3.73. The smallest absolute Gasteiger partial charge is 0.276 e. The molecule has 0 unspecified atom stereocenters. The van der Waals surface area contributed by atoms with Crippen molar-refractivity contribution in [2.75, 3.05) is 44.0 Å². The monoisotopic (exact) mass is 831 g/mol. The lowest BCUT2D eigenvalue weighted by molar-refractivity contribution is 0.0809. The van der Waals surface area contributed by atoms with Gasteiger partial charge in [0.2, 0.25) is 23.7 Å². The standard InChI is InChI=1S/C42H49N13O6/c1-6-54-31(12-23(3)49-54)39(58)47-41-45-29-15-27(37(43)56)17-33-35(29)52(41)10-8-9-11-53-36-30(46-42(53)48-40(59)32-13-24(4)50-55(32)7-2)16-28(38(44)57)18-34(36)61-22-26(21-60-33)14-25-19-51(5)20-25/h8-9,12-13,15-18,25-26H,6-7,10-11,14,19-22H2,1-5H3,(H2,43,56)(H2,44,57)(H,45,47,58)(H,46,48,59)/b9-8+. The zero-order valence-electron chi connectivity index (χ0n) is 34.8. The van der Waals surface area contributed by atoms with Crippen molar-refractivity contribution in [2.45, 2.75) is 60.3 Å². The minimum atomic E-state index is -0.663. The van der Waals surface area contributed by atoms with Crippen LogP contribution in [0.2, 0.25) is 0 Å². The van der Waals surface area contributed by atoms with Crippen molar-refractivity contribution in [3.63, 3.8) is 0 Å². The molecule has 61 heavy (non-hydrogen) atoms. The Balaban J connectivity index is 1.25. The number of rotatable bonds is 10. The highest BCUT2D eigenvalue weighted by molar-refractivity contribution is 6.05. The summed E-state index contributed by atoms with van der Waals surface area (Å²) in [6, 6.07) is 9.77. The quantitative estimate of drug-likeness (QED) is 0.145. The number of amides is 4. The maximum atomic E-state index is 13.8. The molecular formula is C42H49N13O6. The van der Waals surface area contributed by atoms with Gasteiger partial charge >= 0.3 is 0 Å². The van der Waals surface area contributed by atoms with Gasteiger partial charge in [-0.25, -0.2) is 9.97 Å². The van der Waals surface area contributed by atoms with Gasteiger partial charge < -0.3 is 35.0 Å². The maximum absolute atomic E-state index is 13.8. The first-order valence-electron chi connectivity index (χ1n) is 20.3. The third-order valence-corrected chi connectivity index (χ3v) is 11.0.